The summed E-state index contributed by atoms with van der Waals surface area (Å²) < 4.78 is 0. The Morgan fingerprint density at radius 3 is 2.63 bits per heavy atom. The summed E-state index contributed by atoms with van der Waals surface area (Å²) in [6, 6.07) is 0. The van der Waals surface area contributed by atoms with Crippen LogP contribution in [0.1, 0.15) is 51.9 Å². The van der Waals surface area contributed by atoms with Gasteiger partial charge in [0.15, 0.2) is 0 Å². The van der Waals surface area contributed by atoms with Gasteiger partial charge in [-0.1, -0.05) is 55.5 Å². The molecule has 5 heteroatoms. The van der Waals surface area contributed by atoms with Gasteiger partial charge < -0.3 is 15.3 Å². The molecule has 1 saturated carbocycles. The van der Waals surface area contributed by atoms with Gasteiger partial charge in [-0.3, -0.25) is 9.59 Å². The SMILES string of the molecule is CC/C=C\C/C=C\C[C@H]1C(=O)C[C@@H](O)[C@H]1/C=C/[C@@H](O)C/C=C\CCC(=O)O. The minimum atomic E-state index is -0.846. The van der Waals surface area contributed by atoms with Crippen LogP contribution in [0.3, 0.4) is 0 Å². The lowest BCUT2D eigenvalue weighted by Crippen LogP contribution is -2.18. The molecule has 1 rings (SSSR count). The quantitative estimate of drug-likeness (QED) is 0.453. The second-order valence-corrected chi connectivity index (χ2v) is 6.84. The number of Topliss-reactive ketones (excluding diaryl/α,β-unsaturated/α-hetero) is 1. The lowest BCUT2D eigenvalue weighted by molar-refractivity contribution is -0.136. The first-order valence-corrected chi connectivity index (χ1v) is 9.69. The van der Waals surface area contributed by atoms with Crippen LogP contribution in [0.5, 0.6) is 0 Å². The van der Waals surface area contributed by atoms with E-state index in [0.717, 1.165) is 12.8 Å². The molecule has 0 aromatic rings. The van der Waals surface area contributed by atoms with E-state index in [4.69, 9.17) is 5.11 Å². The van der Waals surface area contributed by atoms with Crippen molar-refractivity contribution in [2.24, 2.45) is 11.8 Å². The summed E-state index contributed by atoms with van der Waals surface area (Å²) in [5, 5.41) is 28.7. The fourth-order valence-corrected chi connectivity index (χ4v) is 3.10. The van der Waals surface area contributed by atoms with E-state index in [1.54, 1.807) is 24.3 Å². The number of carbonyl (C=O) groups excluding carboxylic acids is 1. The number of rotatable bonds is 12. The highest BCUT2D eigenvalue weighted by atomic mass is 16.4. The largest absolute Gasteiger partial charge is 0.481 e. The van der Waals surface area contributed by atoms with Crippen LogP contribution in [0, 0.1) is 11.8 Å². The van der Waals surface area contributed by atoms with Gasteiger partial charge in [0.1, 0.15) is 5.78 Å². The molecular formula is C22H32O5. The summed E-state index contributed by atoms with van der Waals surface area (Å²) in [5.74, 6) is -1.31. The second kappa shape index (κ2) is 13.2. The third-order valence-electron chi connectivity index (χ3n) is 4.59. The zero-order chi connectivity index (χ0) is 20.1. The van der Waals surface area contributed by atoms with Crippen LogP contribution in [0.2, 0.25) is 0 Å². The molecule has 0 unspecified atom stereocenters. The molecule has 0 spiro atoms. The third-order valence-corrected chi connectivity index (χ3v) is 4.59. The maximum absolute atomic E-state index is 12.1. The van der Waals surface area contributed by atoms with Gasteiger partial charge in [-0.15, -0.1) is 0 Å². The molecule has 0 saturated heterocycles. The van der Waals surface area contributed by atoms with Crippen LogP contribution in [0.25, 0.3) is 0 Å². The van der Waals surface area contributed by atoms with Gasteiger partial charge >= 0.3 is 5.97 Å². The summed E-state index contributed by atoms with van der Waals surface area (Å²) >= 11 is 0. The van der Waals surface area contributed by atoms with Crippen molar-refractivity contribution in [2.75, 3.05) is 0 Å². The number of hydrogen-bond donors (Lipinski definition) is 3. The Hall–Kier alpha value is -1.98. The van der Waals surface area contributed by atoms with Gasteiger partial charge in [0.2, 0.25) is 0 Å². The monoisotopic (exact) mass is 376 g/mol. The van der Waals surface area contributed by atoms with E-state index in [2.05, 4.69) is 19.1 Å². The standard InChI is InChI=1S/C22H32O5/c1-2-3-4-5-6-9-12-18-19(21(25)16-20(18)24)15-14-17(23)11-8-7-10-13-22(26)27/h3-4,6-9,14-15,17-19,21,23,25H,2,5,10-13,16H2,1H3,(H,26,27)/b4-3-,8-7-,9-6-,15-14+/t17-,18+,19-,21+/m0/s1. The van der Waals surface area contributed by atoms with Gasteiger partial charge in [0, 0.05) is 24.7 Å². The molecule has 0 aromatic heterocycles. The van der Waals surface area contributed by atoms with E-state index in [9.17, 15) is 19.8 Å². The number of hydrogen-bond acceptors (Lipinski definition) is 4. The number of allylic oxidation sites excluding steroid dienone is 5. The van der Waals surface area contributed by atoms with E-state index in [1.807, 2.05) is 12.2 Å². The van der Waals surface area contributed by atoms with Crippen LogP contribution in [0.15, 0.2) is 48.6 Å². The summed E-state index contributed by atoms with van der Waals surface area (Å²) in [5.41, 5.74) is 0. The van der Waals surface area contributed by atoms with Crippen molar-refractivity contribution in [1.82, 2.24) is 0 Å². The Labute approximate surface area is 161 Å². The molecule has 27 heavy (non-hydrogen) atoms. The number of aliphatic carboxylic acids is 1. The highest BCUT2D eigenvalue weighted by Crippen LogP contribution is 2.33. The lowest BCUT2D eigenvalue weighted by atomic mass is 9.90. The highest BCUT2D eigenvalue weighted by molar-refractivity contribution is 5.84. The van der Waals surface area contributed by atoms with Crippen LogP contribution in [0.4, 0.5) is 0 Å². The first-order valence-electron chi connectivity index (χ1n) is 9.69. The third kappa shape index (κ3) is 9.50. The molecule has 1 aliphatic carbocycles. The van der Waals surface area contributed by atoms with Gasteiger partial charge in [0.25, 0.3) is 0 Å². The predicted octanol–water partition coefficient (Wildman–Crippen LogP) is 3.58. The fraction of sp³-hybridized carbons (Fsp3) is 0.545. The van der Waals surface area contributed by atoms with Crippen LogP contribution in [-0.4, -0.2) is 39.3 Å². The molecule has 1 aliphatic rings. The van der Waals surface area contributed by atoms with Crippen molar-refractivity contribution < 1.29 is 24.9 Å². The number of aliphatic hydroxyl groups is 2. The predicted molar refractivity (Wildman–Crippen MR) is 106 cm³/mol. The number of aliphatic hydroxyl groups excluding tert-OH is 2. The summed E-state index contributed by atoms with van der Waals surface area (Å²) in [6.45, 7) is 2.08. The van der Waals surface area contributed by atoms with Crippen LogP contribution < -0.4 is 0 Å². The molecule has 0 aromatic carbocycles. The maximum Gasteiger partial charge on any atom is 0.303 e. The number of carbonyl (C=O) groups is 2. The van der Waals surface area contributed by atoms with E-state index in [1.165, 1.54) is 0 Å². The van der Waals surface area contributed by atoms with Crippen LogP contribution in [-0.2, 0) is 9.59 Å². The molecule has 0 radical (unpaired) electrons. The van der Waals surface area contributed by atoms with Gasteiger partial charge in [0.05, 0.1) is 12.2 Å². The summed E-state index contributed by atoms with van der Waals surface area (Å²) in [6.07, 6.45) is 17.1. The second-order valence-electron chi connectivity index (χ2n) is 6.84. The zero-order valence-electron chi connectivity index (χ0n) is 16.0. The van der Waals surface area contributed by atoms with Crippen molar-refractivity contribution >= 4 is 11.8 Å². The zero-order valence-corrected chi connectivity index (χ0v) is 16.0. The van der Waals surface area contributed by atoms with Crippen molar-refractivity contribution in [3.8, 4) is 0 Å². The molecule has 150 valence electrons. The molecule has 0 aliphatic heterocycles. The molecule has 1 fully saturated rings. The smallest absolute Gasteiger partial charge is 0.303 e. The molecular weight excluding hydrogens is 344 g/mol. The topological polar surface area (TPSA) is 94.8 Å². The minimum absolute atomic E-state index is 0.0638. The Balaban J connectivity index is 2.50. The van der Waals surface area contributed by atoms with Gasteiger partial charge in [-0.2, -0.15) is 0 Å². The average molecular weight is 376 g/mol. The summed E-state index contributed by atoms with van der Waals surface area (Å²) in [7, 11) is 0. The maximum atomic E-state index is 12.1. The Kier molecular flexibility index (Phi) is 11.3. The highest BCUT2D eigenvalue weighted by Gasteiger charge is 2.39. The van der Waals surface area contributed by atoms with E-state index in [-0.39, 0.29) is 30.5 Å². The Morgan fingerprint density at radius 1 is 1.19 bits per heavy atom. The molecule has 3 N–H and O–H groups in total. The summed E-state index contributed by atoms with van der Waals surface area (Å²) in [4.78, 5) is 22.6. The van der Waals surface area contributed by atoms with Crippen LogP contribution >= 0.6 is 0 Å². The molecule has 5 nitrogen and oxygen atoms in total. The van der Waals surface area contributed by atoms with Crippen molar-refractivity contribution in [3.63, 3.8) is 0 Å². The normalized spacial score (nSPS) is 24.9. The van der Waals surface area contributed by atoms with E-state index < -0.39 is 18.2 Å². The van der Waals surface area contributed by atoms with Crippen molar-refractivity contribution in [3.05, 3.63) is 48.6 Å². The van der Waals surface area contributed by atoms with E-state index in [0.29, 0.717) is 19.3 Å². The minimum Gasteiger partial charge on any atom is -0.481 e. The number of ketones is 1. The molecule has 0 heterocycles. The van der Waals surface area contributed by atoms with Crippen molar-refractivity contribution in [2.45, 2.75) is 64.1 Å². The average Bonchev–Trinajstić information content (AvgIpc) is 2.88. The fourth-order valence-electron chi connectivity index (χ4n) is 3.10. The lowest BCUT2D eigenvalue weighted by Gasteiger charge is -2.16. The Bertz CT molecular complexity index is 573. The number of carboxylic acids is 1. The van der Waals surface area contributed by atoms with Gasteiger partial charge in [-0.25, -0.2) is 0 Å². The number of carboxylic acid groups (broad SMARTS) is 1. The van der Waals surface area contributed by atoms with E-state index >= 15 is 0 Å². The first-order chi connectivity index (χ1) is 13.0. The van der Waals surface area contributed by atoms with Gasteiger partial charge in [-0.05, 0) is 32.1 Å². The Morgan fingerprint density at radius 2 is 1.93 bits per heavy atom. The molecule has 0 amide bonds. The molecule has 4 atom stereocenters. The molecule has 0 bridgehead atoms. The van der Waals surface area contributed by atoms with Crippen molar-refractivity contribution in [1.29, 1.82) is 0 Å². The first kappa shape index (κ1) is 23.1.